The summed E-state index contributed by atoms with van der Waals surface area (Å²) in [5, 5.41) is 2.76. The highest BCUT2D eigenvalue weighted by atomic mass is 31.1. The minimum atomic E-state index is -2.72. The highest BCUT2D eigenvalue weighted by Gasteiger charge is 2.44. The molecule has 344 valence electrons. The Morgan fingerprint density at radius 2 is 1.56 bits per heavy atom. The lowest BCUT2D eigenvalue weighted by molar-refractivity contribution is -0.146. The maximum atomic E-state index is 14.6. The number of aliphatic imine (C=N–C) groups is 1. The molecule has 1 aromatic rings. The normalized spacial score (nSPS) is 20.0. The molecule has 61 heavy (non-hydrogen) atoms. The third-order valence-corrected chi connectivity index (χ3v) is 12.7. The maximum absolute atomic E-state index is 14.6. The van der Waals surface area contributed by atoms with Crippen LogP contribution < -0.4 is 5.32 Å². The Morgan fingerprint density at radius 1 is 0.951 bits per heavy atom. The van der Waals surface area contributed by atoms with Crippen LogP contribution in [0.5, 0.6) is 0 Å². The molecule has 0 aliphatic carbocycles. The number of guanidine groups is 1. The molecule has 4 amide bonds. The molecule has 16 nitrogen and oxygen atoms in total. The van der Waals surface area contributed by atoms with Crippen molar-refractivity contribution in [3.63, 3.8) is 0 Å². The van der Waals surface area contributed by atoms with Gasteiger partial charge in [0.15, 0.2) is 5.96 Å². The van der Waals surface area contributed by atoms with Gasteiger partial charge in [-0.25, -0.2) is 9.79 Å². The third kappa shape index (κ3) is 14.3. The molecule has 0 aromatic heterocycles. The smallest absolute Gasteiger partial charge is 0.444 e. The summed E-state index contributed by atoms with van der Waals surface area (Å²) in [6.07, 6.45) is 0.584. The van der Waals surface area contributed by atoms with Gasteiger partial charge < -0.3 is 44.0 Å². The number of carbonyl (C=O) groups is 4. The lowest BCUT2D eigenvalue weighted by atomic mass is 9.89. The average Bonchev–Trinajstić information content (AvgIpc) is 3.69. The minimum absolute atomic E-state index is 0.00125. The first-order valence-electron chi connectivity index (χ1n) is 21.7. The molecule has 2 heterocycles. The zero-order valence-electron chi connectivity index (χ0n) is 39.0. The van der Waals surface area contributed by atoms with E-state index in [1.54, 1.807) is 35.8 Å². The van der Waals surface area contributed by atoms with Crippen molar-refractivity contribution in [2.45, 2.75) is 129 Å². The zero-order valence-corrected chi connectivity index (χ0v) is 39.9. The van der Waals surface area contributed by atoms with Crippen molar-refractivity contribution in [1.82, 2.24) is 29.8 Å². The van der Waals surface area contributed by atoms with Gasteiger partial charge in [-0.2, -0.15) is 4.89 Å². The maximum Gasteiger partial charge on any atom is 0.531 e. The summed E-state index contributed by atoms with van der Waals surface area (Å²) >= 11 is 0. The van der Waals surface area contributed by atoms with Crippen molar-refractivity contribution in [2.75, 3.05) is 68.1 Å². The van der Waals surface area contributed by atoms with Gasteiger partial charge in [-0.1, -0.05) is 71.4 Å². The topological polar surface area (TPSA) is 174 Å². The number of likely N-dealkylation sites (N-methyl/N-ethyl adjacent to an activating group) is 1. The van der Waals surface area contributed by atoms with Crippen molar-refractivity contribution in [1.29, 1.82) is 0 Å². The molecule has 0 radical (unpaired) electrons. The van der Waals surface area contributed by atoms with Gasteiger partial charge in [-0.05, 0) is 55.6 Å². The molecule has 3 rings (SSSR count). The van der Waals surface area contributed by atoms with E-state index in [9.17, 15) is 28.6 Å². The van der Waals surface area contributed by atoms with Crippen LogP contribution in [0, 0.1) is 17.8 Å². The van der Waals surface area contributed by atoms with Crippen LogP contribution in [-0.4, -0.2) is 169 Å². The van der Waals surface area contributed by atoms with Gasteiger partial charge in [0.05, 0.1) is 36.6 Å². The Bertz CT molecular complexity index is 1630. The largest absolute Gasteiger partial charge is 0.531 e. The minimum Gasteiger partial charge on any atom is -0.444 e. The van der Waals surface area contributed by atoms with Gasteiger partial charge in [0.25, 0.3) is 5.78 Å². The SMILES string of the molecule is CC[C@H](C)[C@@H]([C@@H](CC(=O)N1CCC[C@H]1[C@H](OC)[C@@H](C)C(=O)N[C@@H](Cc1ccccc1)[P+](=O)O)OC)N(C)C(=O)[C@@H](N=C(N(C)C)N1CCN(C(=O)OC(C)(C)C)CC1)C(C)C. The molecule has 0 saturated carbocycles. The molecule has 2 saturated heterocycles. The average molecular weight is 877 g/mol. The second-order valence-corrected chi connectivity index (χ2v) is 19.3. The quantitative estimate of drug-likeness (QED) is 0.118. The fraction of sp³-hybridized carbons (Fsp3) is 0.750. The predicted molar refractivity (Wildman–Crippen MR) is 237 cm³/mol. The summed E-state index contributed by atoms with van der Waals surface area (Å²) in [5.41, 5.74) is 0.230. The summed E-state index contributed by atoms with van der Waals surface area (Å²) in [6.45, 7) is 17.7. The first-order chi connectivity index (χ1) is 28.6. The lowest BCUT2D eigenvalue weighted by Crippen LogP contribution is -2.56. The van der Waals surface area contributed by atoms with E-state index in [0.29, 0.717) is 51.5 Å². The van der Waals surface area contributed by atoms with E-state index in [1.165, 1.54) is 7.11 Å². The van der Waals surface area contributed by atoms with Crippen molar-refractivity contribution >= 4 is 37.8 Å². The second kappa shape index (κ2) is 23.6. The predicted octanol–water partition coefficient (Wildman–Crippen LogP) is 4.82. The van der Waals surface area contributed by atoms with E-state index in [2.05, 4.69) is 17.1 Å². The van der Waals surface area contributed by atoms with Crippen LogP contribution in [0.25, 0.3) is 0 Å². The number of ether oxygens (including phenoxy) is 3. The van der Waals surface area contributed by atoms with Crippen molar-refractivity contribution in [2.24, 2.45) is 22.7 Å². The van der Waals surface area contributed by atoms with E-state index in [-0.39, 0.29) is 42.6 Å². The molecular formula is C44H75N7O9P+. The van der Waals surface area contributed by atoms with E-state index >= 15 is 0 Å². The Labute approximate surface area is 365 Å². The van der Waals surface area contributed by atoms with E-state index in [0.717, 1.165) is 12.0 Å². The number of hydrogen-bond acceptors (Lipinski definition) is 9. The van der Waals surface area contributed by atoms with Crippen LogP contribution in [-0.2, 0) is 39.6 Å². The zero-order chi connectivity index (χ0) is 45.8. The van der Waals surface area contributed by atoms with Gasteiger partial charge in [-0.15, -0.1) is 0 Å². The molecule has 1 aromatic carbocycles. The Balaban J connectivity index is 1.79. The number of methoxy groups -OCH3 is 2. The summed E-state index contributed by atoms with van der Waals surface area (Å²) in [5.74, 6) is -2.05. The monoisotopic (exact) mass is 877 g/mol. The second-order valence-electron chi connectivity index (χ2n) is 18.1. The third-order valence-electron chi connectivity index (χ3n) is 11.9. The molecule has 1 unspecified atom stereocenters. The molecule has 0 bridgehead atoms. The summed E-state index contributed by atoms with van der Waals surface area (Å²) < 4.78 is 29.9. The van der Waals surface area contributed by atoms with Crippen LogP contribution in [0.2, 0.25) is 0 Å². The van der Waals surface area contributed by atoms with Gasteiger partial charge in [0.2, 0.25) is 17.7 Å². The first kappa shape index (κ1) is 51.5. The number of nitrogens with one attached hydrogen (secondary N) is 1. The van der Waals surface area contributed by atoms with Crippen molar-refractivity contribution in [3.05, 3.63) is 35.9 Å². The van der Waals surface area contributed by atoms with Gasteiger partial charge >= 0.3 is 14.1 Å². The number of hydrogen-bond donors (Lipinski definition) is 2. The standard InChI is InChI=1S/C44H74N7O9P/c1-14-30(4)38(48(11)41(54)37(29(2)3)46-42(47(9)10)49-23-25-50(26-24-49)43(55)60-44(6,7)8)34(58-12)28-36(52)51-22-18-21-33(51)39(59-13)31(5)40(53)45-35(61(56)57)27-32-19-16-15-17-20-32/h15-17,19-20,29-31,33-35,37-39H,14,18,21-28H2,1-13H3,(H-,45,53,56,57)/p+1/t30-,31+,33-,34+,35+,37-,38-,39+/m0/s1. The molecule has 0 spiro atoms. The first-order valence-corrected chi connectivity index (χ1v) is 23.0. The highest BCUT2D eigenvalue weighted by Crippen LogP contribution is 2.31. The van der Waals surface area contributed by atoms with Gasteiger partial charge in [0.1, 0.15) is 11.6 Å². The molecule has 9 atom stereocenters. The van der Waals surface area contributed by atoms with Crippen molar-refractivity contribution in [3.8, 4) is 0 Å². The van der Waals surface area contributed by atoms with Crippen molar-refractivity contribution < 1.29 is 42.8 Å². The number of likely N-dealkylation sites (tertiary alicyclic amines) is 1. The molecule has 17 heteroatoms. The summed E-state index contributed by atoms with van der Waals surface area (Å²) in [4.78, 5) is 79.7. The number of carbonyl (C=O) groups excluding carboxylic acids is 4. The number of nitrogens with zero attached hydrogens (tertiary/aromatic N) is 6. The fourth-order valence-electron chi connectivity index (χ4n) is 8.34. The fourth-order valence-corrected chi connectivity index (χ4v) is 8.95. The van der Waals surface area contributed by atoms with Crippen LogP contribution >= 0.6 is 8.03 Å². The molecule has 2 aliphatic rings. The van der Waals surface area contributed by atoms with Crippen LogP contribution in [0.4, 0.5) is 4.79 Å². The van der Waals surface area contributed by atoms with E-state index in [1.807, 2.05) is 90.9 Å². The molecule has 2 fully saturated rings. The summed E-state index contributed by atoms with van der Waals surface area (Å²) in [7, 11) is 5.92. The lowest BCUT2D eigenvalue weighted by Gasteiger charge is -2.41. The van der Waals surface area contributed by atoms with E-state index < -0.39 is 61.6 Å². The number of benzene rings is 1. The molecular weight excluding hydrogens is 801 g/mol. The number of piperazine rings is 1. The Morgan fingerprint density at radius 3 is 2.07 bits per heavy atom. The van der Waals surface area contributed by atoms with E-state index in [4.69, 9.17) is 19.2 Å². The number of amides is 4. The summed E-state index contributed by atoms with van der Waals surface area (Å²) in [6, 6.07) is 7.59. The molecule has 2 aliphatic heterocycles. The van der Waals surface area contributed by atoms with Gasteiger partial charge in [0, 0.05) is 74.5 Å². The highest BCUT2D eigenvalue weighted by molar-refractivity contribution is 7.38. The van der Waals surface area contributed by atoms with Crippen LogP contribution in [0.1, 0.15) is 86.6 Å². The Kier molecular flexibility index (Phi) is 19.9. The Hall–Kier alpha value is -3.85. The number of rotatable bonds is 18. The van der Waals surface area contributed by atoms with Crippen LogP contribution in [0.15, 0.2) is 35.3 Å². The van der Waals surface area contributed by atoms with Crippen LogP contribution in [0.3, 0.4) is 0 Å². The molecule has 2 N–H and O–H groups in total. The van der Waals surface area contributed by atoms with Gasteiger partial charge in [-0.3, -0.25) is 14.4 Å².